The minimum Gasteiger partial charge on any atom is -0.483 e. The van der Waals surface area contributed by atoms with Crippen LogP contribution in [0.15, 0.2) is 16.7 Å². The molecule has 6 heteroatoms. The number of aryl methyl sites for hydroxylation is 1. The van der Waals surface area contributed by atoms with Crippen molar-refractivity contribution in [3.05, 3.63) is 35.2 Å². The number of pyridine rings is 1. The molecule has 102 valence electrons. The summed E-state index contributed by atoms with van der Waals surface area (Å²) in [5.41, 5.74) is 1.34. The lowest BCUT2D eigenvalue weighted by molar-refractivity contribution is 0.247. The van der Waals surface area contributed by atoms with Gasteiger partial charge in [0.2, 0.25) is 11.7 Å². The van der Waals surface area contributed by atoms with Gasteiger partial charge in [0.15, 0.2) is 6.61 Å². The average Bonchev–Trinajstić information content (AvgIpc) is 2.86. The molecule has 0 unspecified atom stereocenters. The minimum atomic E-state index is -0.166. The first-order chi connectivity index (χ1) is 9.10. The van der Waals surface area contributed by atoms with E-state index in [4.69, 9.17) is 9.26 Å². The lowest BCUT2D eigenvalue weighted by Crippen LogP contribution is -2.03. The van der Waals surface area contributed by atoms with E-state index in [-0.39, 0.29) is 19.1 Å². The molecule has 2 heterocycles. The molecule has 0 atom stereocenters. The van der Waals surface area contributed by atoms with E-state index in [2.05, 4.69) is 15.1 Å². The molecule has 0 saturated heterocycles. The number of nitrogens with zero attached hydrogens (tertiary/aromatic N) is 3. The van der Waals surface area contributed by atoms with Crippen molar-refractivity contribution in [1.82, 2.24) is 15.1 Å². The fourth-order valence-corrected chi connectivity index (χ4v) is 1.55. The third-order valence-corrected chi connectivity index (χ3v) is 2.56. The van der Waals surface area contributed by atoms with Gasteiger partial charge >= 0.3 is 0 Å². The minimum absolute atomic E-state index is 0.166. The Kier molecular flexibility index (Phi) is 4.11. The standard InChI is InChI=1S/C13H17N3O3/c1-8(2)13-15-12(16-19-13)7-18-11-5-4-9(3)14-10(11)6-17/h4-5,8,17H,6-7H2,1-3H3. The van der Waals surface area contributed by atoms with Crippen molar-refractivity contribution in [1.29, 1.82) is 0 Å². The highest BCUT2D eigenvalue weighted by atomic mass is 16.5. The molecular formula is C13H17N3O3. The van der Waals surface area contributed by atoms with Crippen LogP contribution in [0, 0.1) is 6.92 Å². The third-order valence-electron chi connectivity index (χ3n) is 2.56. The van der Waals surface area contributed by atoms with E-state index in [1.54, 1.807) is 6.07 Å². The highest BCUT2D eigenvalue weighted by molar-refractivity contribution is 5.28. The van der Waals surface area contributed by atoms with Crippen LogP contribution in [0.25, 0.3) is 0 Å². The molecule has 0 saturated carbocycles. The van der Waals surface area contributed by atoms with Crippen molar-refractivity contribution < 1.29 is 14.4 Å². The normalized spacial score (nSPS) is 11.0. The Balaban J connectivity index is 2.05. The molecule has 0 amide bonds. The smallest absolute Gasteiger partial charge is 0.229 e. The Morgan fingerprint density at radius 3 is 2.74 bits per heavy atom. The predicted octanol–water partition coefficient (Wildman–Crippen LogP) is 1.97. The Morgan fingerprint density at radius 1 is 1.32 bits per heavy atom. The van der Waals surface area contributed by atoms with Gasteiger partial charge in [0.1, 0.15) is 11.4 Å². The number of aromatic nitrogens is 3. The van der Waals surface area contributed by atoms with Crippen LogP contribution < -0.4 is 4.74 Å². The van der Waals surface area contributed by atoms with E-state index < -0.39 is 0 Å². The molecule has 0 radical (unpaired) electrons. The maximum atomic E-state index is 9.22. The van der Waals surface area contributed by atoms with E-state index in [0.29, 0.717) is 23.2 Å². The van der Waals surface area contributed by atoms with Crippen molar-refractivity contribution in [2.75, 3.05) is 0 Å². The molecule has 0 bridgehead atoms. The number of aliphatic hydroxyl groups excluding tert-OH is 1. The zero-order valence-electron chi connectivity index (χ0n) is 11.3. The monoisotopic (exact) mass is 263 g/mol. The topological polar surface area (TPSA) is 81.3 Å². The van der Waals surface area contributed by atoms with Crippen molar-refractivity contribution in [2.45, 2.75) is 39.9 Å². The second-order valence-corrected chi connectivity index (χ2v) is 4.55. The first-order valence-corrected chi connectivity index (χ1v) is 6.12. The Labute approximate surface area is 111 Å². The van der Waals surface area contributed by atoms with Gasteiger partial charge in [-0.3, -0.25) is 4.98 Å². The van der Waals surface area contributed by atoms with Gasteiger partial charge in [-0.2, -0.15) is 4.98 Å². The number of aliphatic hydroxyl groups is 1. The summed E-state index contributed by atoms with van der Waals surface area (Å²) >= 11 is 0. The molecule has 1 N–H and O–H groups in total. The van der Waals surface area contributed by atoms with Crippen LogP contribution in [0.1, 0.15) is 42.9 Å². The molecule has 0 aliphatic carbocycles. The summed E-state index contributed by atoms with van der Waals surface area (Å²) in [5, 5.41) is 13.1. The molecule has 0 fully saturated rings. The van der Waals surface area contributed by atoms with Gasteiger partial charge in [-0.15, -0.1) is 0 Å². The lowest BCUT2D eigenvalue weighted by Gasteiger charge is -2.08. The first kappa shape index (κ1) is 13.5. The highest BCUT2D eigenvalue weighted by Crippen LogP contribution is 2.18. The van der Waals surface area contributed by atoms with E-state index in [9.17, 15) is 5.11 Å². The lowest BCUT2D eigenvalue weighted by atomic mass is 10.2. The van der Waals surface area contributed by atoms with E-state index in [1.807, 2.05) is 26.8 Å². The van der Waals surface area contributed by atoms with Gasteiger partial charge in [0, 0.05) is 11.6 Å². The second-order valence-electron chi connectivity index (χ2n) is 4.55. The molecule has 0 aromatic carbocycles. The van der Waals surface area contributed by atoms with E-state index >= 15 is 0 Å². The molecule has 6 nitrogen and oxygen atoms in total. The first-order valence-electron chi connectivity index (χ1n) is 6.12. The van der Waals surface area contributed by atoms with Gasteiger partial charge in [-0.1, -0.05) is 19.0 Å². The van der Waals surface area contributed by atoms with Crippen molar-refractivity contribution in [2.24, 2.45) is 0 Å². The quantitative estimate of drug-likeness (QED) is 0.888. The molecule has 2 rings (SSSR count). The zero-order valence-corrected chi connectivity index (χ0v) is 11.3. The average molecular weight is 263 g/mol. The van der Waals surface area contributed by atoms with Crippen LogP contribution in [-0.2, 0) is 13.2 Å². The highest BCUT2D eigenvalue weighted by Gasteiger charge is 2.11. The zero-order chi connectivity index (χ0) is 13.8. The third kappa shape index (κ3) is 3.29. The maximum Gasteiger partial charge on any atom is 0.229 e. The van der Waals surface area contributed by atoms with Crippen molar-refractivity contribution >= 4 is 0 Å². The number of rotatable bonds is 5. The number of ether oxygens (including phenoxy) is 1. The van der Waals surface area contributed by atoms with Crippen molar-refractivity contribution in [3.8, 4) is 5.75 Å². The van der Waals surface area contributed by atoms with Crippen molar-refractivity contribution in [3.63, 3.8) is 0 Å². The molecule has 0 spiro atoms. The summed E-state index contributed by atoms with van der Waals surface area (Å²) in [6.07, 6.45) is 0. The second kappa shape index (κ2) is 5.79. The summed E-state index contributed by atoms with van der Waals surface area (Å²) in [4.78, 5) is 8.41. The molecule has 2 aromatic rings. The number of hydrogen-bond donors (Lipinski definition) is 1. The van der Waals surface area contributed by atoms with Gasteiger partial charge in [-0.05, 0) is 19.1 Å². The maximum absolute atomic E-state index is 9.22. The van der Waals surface area contributed by atoms with Gasteiger partial charge in [0.05, 0.1) is 6.61 Å². The molecule has 2 aromatic heterocycles. The van der Waals surface area contributed by atoms with E-state index in [0.717, 1.165) is 5.69 Å². The van der Waals surface area contributed by atoms with Crippen LogP contribution in [0.4, 0.5) is 0 Å². The fourth-order valence-electron chi connectivity index (χ4n) is 1.55. The summed E-state index contributed by atoms with van der Waals surface area (Å²) in [6.45, 7) is 5.84. The van der Waals surface area contributed by atoms with Crippen LogP contribution in [0.3, 0.4) is 0 Å². The van der Waals surface area contributed by atoms with Crippen LogP contribution in [0.5, 0.6) is 5.75 Å². The molecule has 0 aliphatic rings. The summed E-state index contributed by atoms with van der Waals surface area (Å²) < 4.78 is 10.6. The summed E-state index contributed by atoms with van der Waals surface area (Å²) in [5.74, 6) is 1.79. The van der Waals surface area contributed by atoms with Crippen LogP contribution >= 0.6 is 0 Å². The number of hydrogen-bond acceptors (Lipinski definition) is 6. The van der Waals surface area contributed by atoms with Gasteiger partial charge < -0.3 is 14.4 Å². The van der Waals surface area contributed by atoms with Crippen LogP contribution in [0.2, 0.25) is 0 Å². The molecular weight excluding hydrogens is 246 g/mol. The summed E-state index contributed by atoms with van der Waals surface area (Å²) in [7, 11) is 0. The Morgan fingerprint density at radius 2 is 2.11 bits per heavy atom. The fraction of sp³-hybridized carbons (Fsp3) is 0.462. The largest absolute Gasteiger partial charge is 0.483 e. The predicted molar refractivity (Wildman–Crippen MR) is 67.6 cm³/mol. The Hall–Kier alpha value is -1.95. The Bertz CT molecular complexity index is 552. The SMILES string of the molecule is Cc1ccc(OCc2noc(C(C)C)n2)c(CO)n1. The molecule has 19 heavy (non-hydrogen) atoms. The van der Waals surface area contributed by atoms with E-state index in [1.165, 1.54) is 0 Å². The summed E-state index contributed by atoms with van der Waals surface area (Å²) in [6, 6.07) is 3.60. The van der Waals surface area contributed by atoms with Gasteiger partial charge in [0.25, 0.3) is 0 Å². The molecule has 0 aliphatic heterocycles. The van der Waals surface area contributed by atoms with Gasteiger partial charge in [-0.25, -0.2) is 0 Å². The van der Waals surface area contributed by atoms with Crippen LogP contribution in [-0.4, -0.2) is 20.2 Å².